The number of hydrogen-bond acceptors (Lipinski definition) is 3. The summed E-state index contributed by atoms with van der Waals surface area (Å²) in [6.07, 6.45) is 6.50. The first-order chi connectivity index (χ1) is 10.2. The van der Waals surface area contributed by atoms with E-state index < -0.39 is 0 Å². The zero-order chi connectivity index (χ0) is 14.4. The van der Waals surface area contributed by atoms with Gasteiger partial charge in [0.2, 0.25) is 5.91 Å². The summed E-state index contributed by atoms with van der Waals surface area (Å²) >= 11 is 0. The molecule has 1 aliphatic carbocycles. The second-order valence-corrected chi connectivity index (χ2v) is 6.94. The summed E-state index contributed by atoms with van der Waals surface area (Å²) in [6.45, 7) is 2.90. The van der Waals surface area contributed by atoms with Crippen molar-refractivity contribution in [3.05, 3.63) is 0 Å². The molecule has 2 bridgehead atoms. The highest BCUT2D eigenvalue weighted by Crippen LogP contribution is 2.29. The first-order valence-corrected chi connectivity index (χ1v) is 8.32. The Balaban J connectivity index is 1.30. The van der Waals surface area contributed by atoms with E-state index in [2.05, 4.69) is 15.5 Å². The highest BCUT2D eigenvalue weighted by Gasteiger charge is 2.42. The number of piperidine rings is 2. The van der Waals surface area contributed by atoms with Crippen LogP contribution < -0.4 is 10.6 Å². The molecule has 2 N–H and O–H groups in total. The van der Waals surface area contributed by atoms with E-state index in [1.807, 2.05) is 0 Å². The normalized spacial score (nSPS) is 33.9. The largest absolute Gasteiger partial charge is 0.351 e. The molecular weight excluding hydrogens is 268 g/mol. The van der Waals surface area contributed by atoms with E-state index >= 15 is 0 Å². The monoisotopic (exact) mass is 292 g/mol. The van der Waals surface area contributed by atoms with Crippen molar-refractivity contribution in [3.63, 3.8) is 0 Å². The van der Waals surface area contributed by atoms with E-state index in [0.717, 1.165) is 44.8 Å². The third-order valence-corrected chi connectivity index (χ3v) is 5.41. The van der Waals surface area contributed by atoms with Crippen LogP contribution in [0.25, 0.3) is 0 Å². The van der Waals surface area contributed by atoms with Crippen LogP contribution in [0.4, 0.5) is 4.79 Å². The third kappa shape index (κ3) is 2.61. The summed E-state index contributed by atoms with van der Waals surface area (Å²) in [5.74, 6) is 0.0513. The van der Waals surface area contributed by atoms with Crippen LogP contribution in [-0.2, 0) is 4.79 Å². The lowest BCUT2D eigenvalue weighted by Gasteiger charge is -2.35. The van der Waals surface area contributed by atoms with E-state index in [4.69, 9.17) is 0 Å². The predicted molar refractivity (Wildman–Crippen MR) is 77.8 cm³/mol. The maximum atomic E-state index is 12.5. The Morgan fingerprint density at radius 3 is 2.57 bits per heavy atom. The molecule has 4 fully saturated rings. The van der Waals surface area contributed by atoms with Gasteiger partial charge in [0.25, 0.3) is 0 Å². The molecule has 6 nitrogen and oxygen atoms in total. The number of hydrogen-bond donors (Lipinski definition) is 2. The van der Waals surface area contributed by atoms with Crippen molar-refractivity contribution in [2.45, 2.75) is 62.7 Å². The highest BCUT2D eigenvalue weighted by molar-refractivity contribution is 5.89. The summed E-state index contributed by atoms with van der Waals surface area (Å²) in [7, 11) is 0. The van der Waals surface area contributed by atoms with Crippen LogP contribution in [0.15, 0.2) is 0 Å². The van der Waals surface area contributed by atoms with Gasteiger partial charge in [-0.25, -0.2) is 4.79 Å². The van der Waals surface area contributed by atoms with Gasteiger partial charge < -0.3 is 20.4 Å². The number of nitrogens with one attached hydrogen (secondary N) is 2. The molecule has 4 aliphatic rings. The van der Waals surface area contributed by atoms with Crippen LogP contribution >= 0.6 is 0 Å². The Morgan fingerprint density at radius 1 is 1.10 bits per heavy atom. The Hall–Kier alpha value is -1.30. The SMILES string of the molecule is O=C(NC1CCN(C2CC2)CC1)[C@@H]1CC[C@@H]2CN1C(=O)N2. The van der Waals surface area contributed by atoms with Gasteiger partial charge in [-0.1, -0.05) is 0 Å². The van der Waals surface area contributed by atoms with Crippen molar-refractivity contribution in [2.75, 3.05) is 19.6 Å². The fourth-order valence-electron chi connectivity index (χ4n) is 3.99. The van der Waals surface area contributed by atoms with E-state index in [1.165, 1.54) is 12.8 Å². The van der Waals surface area contributed by atoms with Crippen molar-refractivity contribution in [1.82, 2.24) is 20.4 Å². The minimum Gasteiger partial charge on any atom is -0.351 e. The van der Waals surface area contributed by atoms with Crippen LogP contribution in [-0.4, -0.2) is 65.5 Å². The molecule has 3 heterocycles. The zero-order valence-electron chi connectivity index (χ0n) is 12.4. The van der Waals surface area contributed by atoms with Gasteiger partial charge in [0.1, 0.15) is 6.04 Å². The molecule has 3 aliphatic heterocycles. The Morgan fingerprint density at radius 2 is 1.86 bits per heavy atom. The lowest BCUT2D eigenvalue weighted by atomic mass is 9.99. The maximum absolute atomic E-state index is 12.5. The smallest absolute Gasteiger partial charge is 0.318 e. The number of carbonyl (C=O) groups excluding carboxylic acids is 2. The molecule has 0 aromatic heterocycles. The highest BCUT2D eigenvalue weighted by atomic mass is 16.2. The van der Waals surface area contributed by atoms with Crippen molar-refractivity contribution < 1.29 is 9.59 Å². The van der Waals surface area contributed by atoms with Gasteiger partial charge >= 0.3 is 6.03 Å². The molecule has 0 aromatic rings. The summed E-state index contributed by atoms with van der Waals surface area (Å²) in [5, 5.41) is 6.11. The molecule has 3 saturated heterocycles. The molecule has 2 atom stereocenters. The minimum atomic E-state index is -0.259. The number of carbonyl (C=O) groups is 2. The standard InChI is InChI=1S/C15H24N4O2/c20-14(13-4-1-11-9-19(13)15(21)17-11)16-10-5-7-18(8-6-10)12-2-3-12/h10-13H,1-9H2,(H,16,20)(H,17,21)/t11-,13+/m1/s1. The van der Waals surface area contributed by atoms with E-state index in [-0.39, 0.29) is 30.1 Å². The van der Waals surface area contributed by atoms with Crippen LogP contribution in [0.5, 0.6) is 0 Å². The molecule has 0 spiro atoms. The molecule has 0 aromatic carbocycles. The molecule has 1 saturated carbocycles. The zero-order valence-corrected chi connectivity index (χ0v) is 12.4. The molecule has 6 heteroatoms. The fraction of sp³-hybridized carbons (Fsp3) is 0.867. The van der Waals surface area contributed by atoms with Gasteiger partial charge in [-0.05, 0) is 38.5 Å². The number of fused-ring (bicyclic) bond motifs is 2. The summed E-state index contributed by atoms with van der Waals surface area (Å²) in [6, 6.07) is 1.04. The average molecular weight is 292 g/mol. The number of nitrogens with zero attached hydrogens (tertiary/aromatic N) is 2. The number of urea groups is 1. The first-order valence-electron chi connectivity index (χ1n) is 8.32. The van der Waals surface area contributed by atoms with Gasteiger partial charge in [-0.3, -0.25) is 4.79 Å². The Labute approximate surface area is 125 Å². The average Bonchev–Trinajstić information content (AvgIpc) is 3.28. The van der Waals surface area contributed by atoms with Crippen molar-refractivity contribution in [2.24, 2.45) is 0 Å². The van der Waals surface area contributed by atoms with E-state index in [9.17, 15) is 9.59 Å². The molecule has 4 rings (SSSR count). The van der Waals surface area contributed by atoms with Crippen LogP contribution in [0.2, 0.25) is 0 Å². The van der Waals surface area contributed by atoms with Gasteiger partial charge in [-0.15, -0.1) is 0 Å². The number of amides is 3. The van der Waals surface area contributed by atoms with Crippen molar-refractivity contribution >= 4 is 11.9 Å². The molecular formula is C15H24N4O2. The Bertz CT molecular complexity index is 443. The summed E-state index contributed by atoms with van der Waals surface area (Å²) in [5.41, 5.74) is 0. The number of likely N-dealkylation sites (tertiary alicyclic amines) is 1. The molecule has 116 valence electrons. The van der Waals surface area contributed by atoms with Crippen molar-refractivity contribution in [1.29, 1.82) is 0 Å². The second kappa shape index (κ2) is 5.16. The van der Waals surface area contributed by atoms with Crippen LogP contribution in [0.1, 0.15) is 38.5 Å². The van der Waals surface area contributed by atoms with Crippen LogP contribution in [0, 0.1) is 0 Å². The Kier molecular flexibility index (Phi) is 3.28. The van der Waals surface area contributed by atoms with E-state index in [1.54, 1.807) is 4.90 Å². The van der Waals surface area contributed by atoms with Gasteiger partial charge in [0, 0.05) is 37.8 Å². The summed E-state index contributed by atoms with van der Waals surface area (Å²) in [4.78, 5) is 28.6. The first kappa shape index (κ1) is 13.4. The van der Waals surface area contributed by atoms with E-state index in [0.29, 0.717) is 6.54 Å². The lowest BCUT2D eigenvalue weighted by Crippen LogP contribution is -2.53. The lowest BCUT2D eigenvalue weighted by molar-refractivity contribution is -0.127. The fourth-order valence-corrected chi connectivity index (χ4v) is 3.99. The van der Waals surface area contributed by atoms with Gasteiger partial charge in [0.05, 0.1) is 0 Å². The molecule has 0 unspecified atom stereocenters. The van der Waals surface area contributed by atoms with Crippen LogP contribution in [0.3, 0.4) is 0 Å². The molecule has 21 heavy (non-hydrogen) atoms. The summed E-state index contributed by atoms with van der Waals surface area (Å²) < 4.78 is 0. The minimum absolute atomic E-state index is 0.0513. The third-order valence-electron chi connectivity index (χ3n) is 5.41. The quantitative estimate of drug-likeness (QED) is 0.785. The topological polar surface area (TPSA) is 64.7 Å². The number of rotatable bonds is 3. The molecule has 0 radical (unpaired) electrons. The van der Waals surface area contributed by atoms with Gasteiger partial charge in [-0.2, -0.15) is 0 Å². The van der Waals surface area contributed by atoms with Gasteiger partial charge in [0.15, 0.2) is 0 Å². The predicted octanol–water partition coefficient (Wildman–Crippen LogP) is 0.286. The second-order valence-electron chi connectivity index (χ2n) is 6.94. The molecule has 3 amide bonds. The van der Waals surface area contributed by atoms with Crippen molar-refractivity contribution in [3.8, 4) is 0 Å². The maximum Gasteiger partial charge on any atom is 0.318 e.